The van der Waals surface area contributed by atoms with Gasteiger partial charge in [0.05, 0.1) is 5.38 Å². The Hall–Kier alpha value is -0.0100. The third-order valence-corrected chi connectivity index (χ3v) is 2.68. The quantitative estimate of drug-likeness (QED) is 0.401. The maximum Gasteiger partial charge on any atom is 0.397 e. The van der Waals surface area contributed by atoms with Crippen molar-refractivity contribution in [2.75, 3.05) is 0 Å². The zero-order chi connectivity index (χ0) is 11.1. The molecule has 0 fully saturated rings. The van der Waals surface area contributed by atoms with Crippen molar-refractivity contribution in [3.05, 3.63) is 12.2 Å². The lowest BCUT2D eigenvalue weighted by Crippen LogP contribution is -2.30. The van der Waals surface area contributed by atoms with Crippen LogP contribution < -0.4 is 0 Å². The van der Waals surface area contributed by atoms with E-state index in [9.17, 15) is 19.4 Å². The monoisotopic (exact) mass is 258 g/mol. The van der Waals surface area contributed by atoms with Crippen LogP contribution in [0.15, 0.2) is 12.2 Å². The van der Waals surface area contributed by atoms with E-state index in [-0.39, 0.29) is 12.8 Å². The molecule has 0 heterocycles. The van der Waals surface area contributed by atoms with Gasteiger partial charge in [0.15, 0.2) is 0 Å². The molecule has 0 radical (unpaired) electrons. The van der Waals surface area contributed by atoms with Gasteiger partial charge in [-0.05, 0) is 12.8 Å². The van der Waals surface area contributed by atoms with E-state index in [2.05, 4.69) is 4.18 Å². The largest absolute Gasteiger partial charge is 0.397 e. The third-order valence-electron chi connectivity index (χ3n) is 1.61. The Labute approximate surface area is 82.8 Å². The van der Waals surface area contributed by atoms with Gasteiger partial charge in [-0.1, -0.05) is 31.6 Å². The van der Waals surface area contributed by atoms with E-state index in [0.717, 1.165) is 0 Å². The molecular formula is C6H8ClF5OS. The Morgan fingerprint density at radius 3 is 2.00 bits per heavy atom. The van der Waals surface area contributed by atoms with Gasteiger partial charge in [-0.25, -0.2) is 4.18 Å². The fourth-order valence-electron chi connectivity index (χ4n) is 1.09. The van der Waals surface area contributed by atoms with Crippen molar-refractivity contribution < 1.29 is 23.6 Å². The van der Waals surface area contributed by atoms with Gasteiger partial charge in [0.25, 0.3) is 0 Å². The summed E-state index contributed by atoms with van der Waals surface area (Å²) in [4.78, 5) is 0. The highest BCUT2D eigenvalue weighted by molar-refractivity contribution is 8.42. The van der Waals surface area contributed by atoms with E-state index in [1.165, 1.54) is 12.2 Å². The van der Waals surface area contributed by atoms with Gasteiger partial charge in [0.1, 0.15) is 6.10 Å². The van der Waals surface area contributed by atoms with Gasteiger partial charge in [-0.2, -0.15) is 0 Å². The second-order valence-corrected chi connectivity index (χ2v) is 5.54. The molecule has 86 valence electrons. The predicted molar refractivity (Wildman–Crippen MR) is 46.0 cm³/mol. The molecule has 0 aromatic heterocycles. The maximum atomic E-state index is 11.9. The van der Waals surface area contributed by atoms with Gasteiger partial charge in [-0.3, -0.25) is 0 Å². The Balaban J connectivity index is 2.75. The minimum atomic E-state index is -9.80. The van der Waals surface area contributed by atoms with E-state index < -0.39 is 22.0 Å². The second-order valence-electron chi connectivity index (χ2n) is 2.99. The molecule has 1 rings (SSSR count). The minimum Gasteiger partial charge on any atom is -0.234 e. The molecule has 0 aliphatic heterocycles. The Morgan fingerprint density at radius 2 is 1.57 bits per heavy atom. The van der Waals surface area contributed by atoms with Crippen molar-refractivity contribution in [2.45, 2.75) is 24.3 Å². The zero-order valence-electron chi connectivity index (χ0n) is 6.81. The van der Waals surface area contributed by atoms with Crippen LogP contribution in [0.1, 0.15) is 12.8 Å². The van der Waals surface area contributed by atoms with Gasteiger partial charge < -0.3 is 0 Å². The lowest BCUT2D eigenvalue weighted by Gasteiger charge is -2.42. The molecule has 1 aliphatic carbocycles. The molecule has 1 aliphatic rings. The minimum absolute atomic E-state index is 0.0973. The molecule has 0 aromatic carbocycles. The summed E-state index contributed by atoms with van der Waals surface area (Å²) in [5, 5.41) is -1.07. The molecule has 2 unspecified atom stereocenters. The number of allylic oxidation sites excluding steroid dienone is 1. The van der Waals surface area contributed by atoms with Crippen LogP contribution in [0.4, 0.5) is 19.4 Å². The SMILES string of the molecule is FS(F)(F)(F)(F)OC1CC=CCC1Cl. The summed E-state index contributed by atoms with van der Waals surface area (Å²) >= 11 is 5.42. The third kappa shape index (κ3) is 4.47. The Morgan fingerprint density at radius 1 is 1.07 bits per heavy atom. The molecule has 2 atom stereocenters. The first-order valence-corrected chi connectivity index (χ1v) is 6.00. The molecule has 14 heavy (non-hydrogen) atoms. The first-order chi connectivity index (χ1) is 5.97. The van der Waals surface area contributed by atoms with Gasteiger partial charge in [0.2, 0.25) is 0 Å². The van der Waals surface area contributed by atoms with Gasteiger partial charge >= 0.3 is 10.5 Å². The van der Waals surface area contributed by atoms with E-state index in [1.54, 1.807) is 0 Å². The van der Waals surface area contributed by atoms with Crippen LogP contribution in [-0.4, -0.2) is 11.5 Å². The smallest absolute Gasteiger partial charge is 0.234 e. The number of hydrogen-bond acceptors (Lipinski definition) is 1. The number of halogens is 6. The standard InChI is InChI=1S/C6H8ClF5OS/c7-5-3-1-2-4-6(5)13-14(8,9,10,11)12/h1-2,5-6H,3-4H2. The molecule has 8 heteroatoms. The molecule has 0 aromatic rings. The molecule has 0 amide bonds. The van der Waals surface area contributed by atoms with Crippen LogP contribution in [0.5, 0.6) is 0 Å². The van der Waals surface area contributed by atoms with Crippen LogP contribution >= 0.6 is 22.1 Å². The first kappa shape index (κ1) is 12.1. The number of hydrogen-bond donors (Lipinski definition) is 0. The highest BCUT2D eigenvalue weighted by Gasteiger charge is 2.67. The van der Waals surface area contributed by atoms with E-state index in [1.807, 2.05) is 0 Å². The van der Waals surface area contributed by atoms with Crippen molar-refractivity contribution in [3.63, 3.8) is 0 Å². The van der Waals surface area contributed by atoms with Crippen LogP contribution in [-0.2, 0) is 4.18 Å². The number of alkyl halides is 1. The molecule has 0 spiro atoms. The average molecular weight is 259 g/mol. The predicted octanol–water partition coefficient (Wildman–Crippen LogP) is 4.54. The topological polar surface area (TPSA) is 9.23 Å². The maximum absolute atomic E-state index is 11.9. The van der Waals surface area contributed by atoms with E-state index in [4.69, 9.17) is 11.6 Å². The zero-order valence-corrected chi connectivity index (χ0v) is 8.38. The molecule has 0 N–H and O–H groups in total. The first-order valence-electron chi connectivity index (χ1n) is 3.69. The van der Waals surface area contributed by atoms with Crippen LogP contribution in [0.25, 0.3) is 0 Å². The van der Waals surface area contributed by atoms with Crippen LogP contribution in [0.2, 0.25) is 0 Å². The molecule has 0 saturated carbocycles. The van der Waals surface area contributed by atoms with Gasteiger partial charge in [0, 0.05) is 0 Å². The van der Waals surface area contributed by atoms with Crippen LogP contribution in [0, 0.1) is 0 Å². The van der Waals surface area contributed by atoms with Crippen molar-refractivity contribution in [3.8, 4) is 0 Å². The second kappa shape index (κ2) is 2.76. The number of rotatable bonds is 2. The van der Waals surface area contributed by atoms with Crippen molar-refractivity contribution >= 4 is 22.1 Å². The summed E-state index contributed by atoms with van der Waals surface area (Å²) in [6.45, 7) is 0. The van der Waals surface area contributed by atoms with E-state index in [0.29, 0.717) is 0 Å². The van der Waals surface area contributed by atoms with E-state index >= 15 is 0 Å². The molecular weight excluding hydrogens is 251 g/mol. The summed E-state index contributed by atoms with van der Waals surface area (Å²) in [5.74, 6) is 0. The molecule has 1 nitrogen and oxygen atoms in total. The van der Waals surface area contributed by atoms with Crippen LogP contribution in [0.3, 0.4) is 0 Å². The lowest BCUT2D eigenvalue weighted by molar-refractivity contribution is 0.0940. The fraction of sp³-hybridized carbons (Fsp3) is 0.667. The summed E-state index contributed by atoms with van der Waals surface area (Å²) in [7, 11) is -9.80. The van der Waals surface area contributed by atoms with Crippen molar-refractivity contribution in [1.82, 2.24) is 0 Å². The summed E-state index contributed by atoms with van der Waals surface area (Å²) in [6, 6.07) is 0. The molecule has 0 bridgehead atoms. The van der Waals surface area contributed by atoms with Crippen molar-refractivity contribution in [2.24, 2.45) is 0 Å². The highest BCUT2D eigenvalue weighted by Crippen LogP contribution is 2.99. The summed E-state index contributed by atoms with van der Waals surface area (Å²) in [6.07, 6.45) is 1.02. The molecule has 0 saturated heterocycles. The summed E-state index contributed by atoms with van der Waals surface area (Å²) < 4.78 is 62.3. The highest BCUT2D eigenvalue weighted by atomic mass is 35.5. The Bertz CT molecular complexity index is 259. The average Bonchev–Trinajstić information content (AvgIpc) is 1.88. The Kier molecular flexibility index (Phi) is 2.38. The normalized spacial score (nSPS) is 33.6. The lowest BCUT2D eigenvalue weighted by atomic mass is 10.0. The fourth-order valence-corrected chi connectivity index (χ4v) is 2.09. The van der Waals surface area contributed by atoms with Gasteiger partial charge in [-0.15, -0.1) is 11.6 Å². The van der Waals surface area contributed by atoms with Crippen molar-refractivity contribution in [1.29, 1.82) is 0 Å². The summed E-state index contributed by atoms with van der Waals surface area (Å²) in [5.41, 5.74) is 0.